The van der Waals surface area contributed by atoms with Gasteiger partial charge in [0.2, 0.25) is 0 Å². The van der Waals surface area contributed by atoms with Gasteiger partial charge in [0.15, 0.2) is 0 Å². The minimum absolute atomic E-state index is 0. The number of nitrogens with zero attached hydrogens (tertiary/aromatic N) is 1. The number of nitrogens with one attached hydrogen (secondary N) is 2. The molecule has 1 aromatic heterocycles. The van der Waals surface area contributed by atoms with Gasteiger partial charge >= 0.3 is 65.1 Å². The molecule has 2 amide bonds. The van der Waals surface area contributed by atoms with Crippen LogP contribution in [0.25, 0.3) is 11.1 Å². The predicted molar refractivity (Wildman–Crippen MR) is 119 cm³/mol. The standard InChI is InChI=1S/C24H25N3O6.2Na/c1-14-13-27(2)23(31)21(22(14)30)26-24(32)25-18(12-20(28)29)16-9-10-19(33-3)17(11-16)15-7-5-4-6-8-15;;/h4-11,13,18,30H,12H2,1-3H3,(H,28,29)(H2,25,26,32);;/q;2*+1/p-2/t18-;;/m0../s1. The first-order valence-corrected chi connectivity index (χ1v) is 10.1. The van der Waals surface area contributed by atoms with E-state index in [4.69, 9.17) is 4.74 Å². The van der Waals surface area contributed by atoms with E-state index >= 15 is 0 Å². The fourth-order valence-electron chi connectivity index (χ4n) is 3.50. The van der Waals surface area contributed by atoms with Crippen LogP contribution < -0.4 is 90.3 Å². The third-order valence-electron chi connectivity index (χ3n) is 5.13. The van der Waals surface area contributed by atoms with Crippen LogP contribution in [0.4, 0.5) is 10.5 Å². The SMILES string of the molecule is COc1ccc([C@H](CC(=O)[O-])NC(=O)Nc2c([O-])c(C)cn(C)c2=O)cc1-c1ccccc1.[Na+].[Na+]. The van der Waals surface area contributed by atoms with Crippen molar-refractivity contribution in [2.75, 3.05) is 12.4 Å². The summed E-state index contributed by atoms with van der Waals surface area (Å²) in [5.41, 5.74) is 1.22. The van der Waals surface area contributed by atoms with Crippen molar-refractivity contribution in [1.29, 1.82) is 0 Å². The molecule has 0 saturated heterocycles. The third-order valence-corrected chi connectivity index (χ3v) is 5.13. The molecular weight excluding hydrogens is 472 g/mol. The Balaban J connectivity index is 0.00000306. The zero-order valence-corrected chi connectivity index (χ0v) is 24.4. The van der Waals surface area contributed by atoms with E-state index in [1.807, 2.05) is 30.3 Å². The molecule has 0 radical (unpaired) electrons. The van der Waals surface area contributed by atoms with Gasteiger partial charge in [0, 0.05) is 31.2 Å². The number of hydrogen-bond acceptors (Lipinski definition) is 6. The molecule has 11 heteroatoms. The number of anilines is 1. The number of methoxy groups -OCH3 is 1. The molecule has 0 unspecified atom stereocenters. The number of rotatable bonds is 7. The van der Waals surface area contributed by atoms with Crippen LogP contribution in [-0.4, -0.2) is 23.7 Å². The number of amides is 2. The first kappa shape index (κ1) is 30.8. The molecule has 9 nitrogen and oxygen atoms in total. The fourth-order valence-corrected chi connectivity index (χ4v) is 3.50. The number of carbonyl (C=O) groups is 2. The number of pyridine rings is 1. The molecule has 0 spiro atoms. The fraction of sp³-hybridized carbons (Fsp3) is 0.208. The van der Waals surface area contributed by atoms with Crippen LogP contribution in [0.1, 0.15) is 23.6 Å². The number of urea groups is 1. The number of aryl methyl sites for hydroxylation is 2. The molecule has 1 atom stereocenters. The van der Waals surface area contributed by atoms with Crippen molar-refractivity contribution in [3.8, 4) is 22.6 Å². The number of carboxylic acid groups (broad SMARTS) is 1. The normalized spacial score (nSPS) is 10.8. The molecule has 3 aromatic rings. The Kier molecular flexibility index (Phi) is 12.1. The number of benzene rings is 2. The Labute approximate surface area is 247 Å². The van der Waals surface area contributed by atoms with Crippen LogP contribution in [0, 0.1) is 6.92 Å². The van der Waals surface area contributed by atoms with Crippen LogP contribution in [-0.2, 0) is 11.8 Å². The minimum Gasteiger partial charge on any atom is -0.871 e. The van der Waals surface area contributed by atoms with E-state index in [1.54, 1.807) is 18.2 Å². The van der Waals surface area contributed by atoms with Crippen molar-refractivity contribution < 1.29 is 83.7 Å². The van der Waals surface area contributed by atoms with Crippen molar-refractivity contribution in [3.05, 3.63) is 76.2 Å². The Hall–Kier alpha value is -2.27. The molecule has 172 valence electrons. The summed E-state index contributed by atoms with van der Waals surface area (Å²) in [5, 5.41) is 28.5. The van der Waals surface area contributed by atoms with Gasteiger partial charge in [0.1, 0.15) is 11.4 Å². The van der Waals surface area contributed by atoms with Gasteiger partial charge in [-0.1, -0.05) is 42.1 Å². The Morgan fingerprint density at radius 2 is 1.77 bits per heavy atom. The number of aliphatic carboxylic acids is 1. The summed E-state index contributed by atoms with van der Waals surface area (Å²) < 4.78 is 6.61. The van der Waals surface area contributed by atoms with Crippen LogP contribution >= 0.6 is 0 Å². The summed E-state index contributed by atoms with van der Waals surface area (Å²) >= 11 is 0. The zero-order valence-electron chi connectivity index (χ0n) is 20.4. The van der Waals surface area contributed by atoms with Gasteiger partial charge in [-0.2, -0.15) is 0 Å². The summed E-state index contributed by atoms with van der Waals surface area (Å²) in [6, 6.07) is 12.5. The average Bonchev–Trinajstić information content (AvgIpc) is 2.80. The molecule has 0 aliphatic carbocycles. The van der Waals surface area contributed by atoms with Crippen molar-refractivity contribution in [3.63, 3.8) is 0 Å². The number of carboxylic acids is 1. The maximum atomic E-state index is 12.6. The van der Waals surface area contributed by atoms with E-state index < -0.39 is 41.5 Å². The summed E-state index contributed by atoms with van der Waals surface area (Å²) in [6.45, 7) is 1.52. The first-order valence-electron chi connectivity index (χ1n) is 10.1. The van der Waals surface area contributed by atoms with Gasteiger partial charge in [-0.15, -0.1) is 0 Å². The molecule has 35 heavy (non-hydrogen) atoms. The van der Waals surface area contributed by atoms with E-state index in [0.717, 1.165) is 5.56 Å². The molecule has 0 aliphatic heterocycles. The van der Waals surface area contributed by atoms with Crippen molar-refractivity contribution in [2.45, 2.75) is 19.4 Å². The summed E-state index contributed by atoms with van der Waals surface area (Å²) in [4.78, 5) is 36.3. The van der Waals surface area contributed by atoms with Crippen molar-refractivity contribution in [2.24, 2.45) is 7.05 Å². The van der Waals surface area contributed by atoms with Crippen LogP contribution in [0.3, 0.4) is 0 Å². The van der Waals surface area contributed by atoms with Crippen LogP contribution in [0.5, 0.6) is 11.5 Å². The van der Waals surface area contributed by atoms with Crippen LogP contribution in [0.2, 0.25) is 0 Å². The number of aromatic nitrogens is 1. The summed E-state index contributed by atoms with van der Waals surface area (Å²) in [5.74, 6) is -1.42. The molecule has 1 heterocycles. The second kappa shape index (κ2) is 13.7. The van der Waals surface area contributed by atoms with E-state index in [9.17, 15) is 24.6 Å². The Morgan fingerprint density at radius 3 is 2.37 bits per heavy atom. The Morgan fingerprint density at radius 1 is 1.11 bits per heavy atom. The Bertz CT molecular complexity index is 1250. The molecule has 0 bridgehead atoms. The molecular formula is C24H23N3Na2O6. The molecule has 2 N–H and O–H groups in total. The van der Waals surface area contributed by atoms with Crippen LogP contribution in [0.15, 0.2) is 59.5 Å². The monoisotopic (exact) mass is 495 g/mol. The number of ether oxygens (including phenoxy) is 1. The molecule has 0 saturated carbocycles. The molecule has 0 fully saturated rings. The third kappa shape index (κ3) is 7.60. The summed E-state index contributed by atoms with van der Waals surface area (Å²) in [7, 11) is 2.98. The largest absolute Gasteiger partial charge is 1.00 e. The maximum absolute atomic E-state index is 12.6. The second-order valence-electron chi connectivity index (χ2n) is 7.49. The van der Waals surface area contributed by atoms with Gasteiger partial charge in [-0.3, -0.25) is 4.79 Å². The quantitative estimate of drug-likeness (QED) is 0.317. The molecule has 0 aliphatic rings. The summed E-state index contributed by atoms with van der Waals surface area (Å²) in [6.07, 6.45) is 0.846. The van der Waals surface area contributed by atoms with E-state index in [0.29, 0.717) is 16.9 Å². The zero-order chi connectivity index (χ0) is 24.1. The smallest absolute Gasteiger partial charge is 0.871 e. The van der Waals surface area contributed by atoms with Crippen molar-refractivity contribution >= 4 is 17.7 Å². The number of carbonyl (C=O) groups excluding carboxylic acids is 2. The predicted octanol–water partition coefficient (Wildman–Crippen LogP) is -4.55. The number of hydrogen-bond donors (Lipinski definition) is 2. The van der Waals surface area contributed by atoms with E-state index in [-0.39, 0.29) is 64.7 Å². The van der Waals surface area contributed by atoms with Gasteiger partial charge in [-0.25, -0.2) is 4.79 Å². The second-order valence-corrected chi connectivity index (χ2v) is 7.49. The first-order chi connectivity index (χ1) is 15.7. The molecule has 3 rings (SSSR count). The molecule has 2 aromatic carbocycles. The average molecular weight is 495 g/mol. The van der Waals surface area contributed by atoms with Gasteiger partial charge < -0.3 is 34.9 Å². The van der Waals surface area contributed by atoms with Gasteiger partial charge in [-0.05, 0) is 35.7 Å². The topological polar surface area (TPSA) is 136 Å². The van der Waals surface area contributed by atoms with Gasteiger partial charge in [0.25, 0.3) is 5.56 Å². The minimum atomic E-state index is -1.38. The van der Waals surface area contributed by atoms with E-state index in [1.165, 1.54) is 31.8 Å². The van der Waals surface area contributed by atoms with Gasteiger partial charge in [0.05, 0.1) is 13.2 Å². The van der Waals surface area contributed by atoms with E-state index in [2.05, 4.69) is 10.6 Å². The maximum Gasteiger partial charge on any atom is 1.00 e. The van der Waals surface area contributed by atoms with Crippen molar-refractivity contribution in [1.82, 2.24) is 9.88 Å².